The van der Waals surface area contributed by atoms with Crippen LogP contribution in [0.2, 0.25) is 0 Å². The summed E-state index contributed by atoms with van der Waals surface area (Å²) in [6, 6.07) is 3.04. The van der Waals surface area contributed by atoms with Crippen molar-refractivity contribution in [2.75, 3.05) is 31.1 Å². The number of aryl methyl sites for hydroxylation is 2. The number of piperazine rings is 1. The van der Waals surface area contributed by atoms with Crippen LogP contribution in [0.4, 0.5) is 10.5 Å². The van der Waals surface area contributed by atoms with Crippen LogP contribution >= 0.6 is 0 Å². The molecule has 0 spiro atoms. The number of rotatable bonds is 4. The molecular weight excluding hydrogens is 322 g/mol. The second-order valence-electron chi connectivity index (χ2n) is 6.53. The van der Waals surface area contributed by atoms with Crippen LogP contribution in [0.15, 0.2) is 12.1 Å². The minimum Gasteiger partial charge on any atom is -0.368 e. The number of pyridine rings is 1. The van der Waals surface area contributed by atoms with Gasteiger partial charge in [0.2, 0.25) is 5.91 Å². The minimum atomic E-state index is -0.597. The van der Waals surface area contributed by atoms with E-state index in [1.54, 1.807) is 0 Å². The van der Waals surface area contributed by atoms with Crippen LogP contribution in [-0.2, 0) is 9.59 Å². The van der Waals surface area contributed by atoms with Gasteiger partial charge in [-0.25, -0.2) is 4.79 Å². The van der Waals surface area contributed by atoms with Crippen molar-refractivity contribution < 1.29 is 14.4 Å². The number of anilines is 1. The van der Waals surface area contributed by atoms with E-state index in [2.05, 4.69) is 32.7 Å². The van der Waals surface area contributed by atoms with Crippen molar-refractivity contribution in [3.8, 4) is 0 Å². The van der Waals surface area contributed by atoms with E-state index in [1.807, 2.05) is 18.7 Å². The maximum absolute atomic E-state index is 12.3. The van der Waals surface area contributed by atoms with Gasteiger partial charge in [0.15, 0.2) is 0 Å². The van der Waals surface area contributed by atoms with Crippen molar-refractivity contribution in [2.45, 2.75) is 32.7 Å². The zero-order chi connectivity index (χ0) is 18.0. The van der Waals surface area contributed by atoms with Crippen LogP contribution in [0.5, 0.6) is 0 Å². The van der Waals surface area contributed by atoms with Crippen LogP contribution in [0, 0.1) is 13.8 Å². The van der Waals surface area contributed by atoms with Crippen LogP contribution in [0.25, 0.3) is 0 Å². The summed E-state index contributed by atoms with van der Waals surface area (Å²) in [4.78, 5) is 43.4. The van der Waals surface area contributed by atoms with Crippen molar-refractivity contribution in [1.29, 1.82) is 0 Å². The third kappa shape index (κ3) is 4.07. The summed E-state index contributed by atoms with van der Waals surface area (Å²) < 4.78 is 0. The summed E-state index contributed by atoms with van der Waals surface area (Å²) in [5.41, 5.74) is 3.12. The van der Waals surface area contributed by atoms with Gasteiger partial charge in [-0.3, -0.25) is 19.9 Å². The van der Waals surface area contributed by atoms with Crippen molar-refractivity contribution in [3.63, 3.8) is 0 Å². The fraction of sp³-hybridized carbons (Fsp3) is 0.529. The quantitative estimate of drug-likeness (QED) is 0.767. The lowest BCUT2D eigenvalue weighted by atomic mass is 10.1. The van der Waals surface area contributed by atoms with E-state index in [1.165, 1.54) is 0 Å². The molecule has 8 nitrogen and oxygen atoms in total. The molecule has 2 fully saturated rings. The predicted octanol–water partition coefficient (Wildman–Crippen LogP) is 0.335. The number of carbonyl (C=O) groups is 3. The predicted molar refractivity (Wildman–Crippen MR) is 92.2 cm³/mol. The summed E-state index contributed by atoms with van der Waals surface area (Å²) in [6.07, 6.45) is 0.588. The monoisotopic (exact) mass is 345 g/mol. The second kappa shape index (κ2) is 7.08. The molecule has 3 rings (SSSR count). The SMILES string of the molecule is Cc1cc(N2CCN(C(=O)CC[C@H]3NC(=O)NC3=O)CC2)cc(C)n1. The molecule has 2 aliphatic heterocycles. The third-order valence-corrected chi connectivity index (χ3v) is 4.57. The van der Waals surface area contributed by atoms with E-state index in [0.29, 0.717) is 19.5 Å². The molecule has 0 radical (unpaired) electrons. The van der Waals surface area contributed by atoms with Crippen molar-refractivity contribution in [3.05, 3.63) is 23.5 Å². The van der Waals surface area contributed by atoms with Gasteiger partial charge in [-0.2, -0.15) is 0 Å². The van der Waals surface area contributed by atoms with Gasteiger partial charge >= 0.3 is 6.03 Å². The number of amides is 4. The van der Waals surface area contributed by atoms with Gasteiger partial charge in [-0.1, -0.05) is 0 Å². The lowest BCUT2D eigenvalue weighted by Crippen LogP contribution is -2.49. The highest BCUT2D eigenvalue weighted by Crippen LogP contribution is 2.19. The Bertz CT molecular complexity index is 677. The summed E-state index contributed by atoms with van der Waals surface area (Å²) in [7, 11) is 0. The van der Waals surface area contributed by atoms with Gasteiger partial charge < -0.3 is 15.1 Å². The first kappa shape index (κ1) is 17.2. The number of carbonyl (C=O) groups excluding carboxylic acids is 3. The number of imide groups is 1. The van der Waals surface area contributed by atoms with Crippen LogP contribution in [0.3, 0.4) is 0 Å². The number of hydrogen-bond acceptors (Lipinski definition) is 5. The van der Waals surface area contributed by atoms with Crippen molar-refractivity contribution >= 4 is 23.5 Å². The van der Waals surface area contributed by atoms with Crippen molar-refractivity contribution in [2.24, 2.45) is 0 Å². The van der Waals surface area contributed by atoms with Gasteiger partial charge in [0.1, 0.15) is 6.04 Å². The molecule has 8 heteroatoms. The molecule has 1 atom stereocenters. The first-order valence-corrected chi connectivity index (χ1v) is 8.52. The topological polar surface area (TPSA) is 94.6 Å². The molecule has 2 N–H and O–H groups in total. The van der Waals surface area contributed by atoms with E-state index in [0.717, 1.165) is 30.2 Å². The summed E-state index contributed by atoms with van der Waals surface area (Å²) in [6.45, 7) is 6.82. The normalized spacial score (nSPS) is 20.5. The largest absolute Gasteiger partial charge is 0.368 e. The van der Waals surface area contributed by atoms with Crippen LogP contribution in [-0.4, -0.2) is 60.0 Å². The molecular formula is C17H23N5O3. The highest BCUT2D eigenvalue weighted by atomic mass is 16.2. The van der Waals surface area contributed by atoms with Crippen LogP contribution in [0.1, 0.15) is 24.2 Å². The molecule has 0 aromatic carbocycles. The van der Waals surface area contributed by atoms with Gasteiger partial charge in [-0.05, 0) is 32.4 Å². The molecule has 3 heterocycles. The number of nitrogens with zero attached hydrogens (tertiary/aromatic N) is 3. The lowest BCUT2D eigenvalue weighted by molar-refractivity contribution is -0.131. The van der Waals surface area contributed by atoms with E-state index in [-0.39, 0.29) is 18.2 Å². The molecule has 2 saturated heterocycles. The summed E-state index contributed by atoms with van der Waals surface area (Å²) in [5, 5.41) is 4.69. The first-order chi connectivity index (χ1) is 11.9. The van der Waals surface area contributed by atoms with Crippen molar-refractivity contribution in [1.82, 2.24) is 20.5 Å². The molecule has 1 aromatic rings. The van der Waals surface area contributed by atoms with Crippen LogP contribution < -0.4 is 15.5 Å². The molecule has 134 valence electrons. The molecule has 4 amide bonds. The Morgan fingerprint density at radius 3 is 2.36 bits per heavy atom. The molecule has 0 unspecified atom stereocenters. The van der Waals surface area contributed by atoms with Gasteiger partial charge in [0, 0.05) is 49.7 Å². The Hall–Kier alpha value is -2.64. The Kier molecular flexibility index (Phi) is 4.87. The highest BCUT2D eigenvalue weighted by Gasteiger charge is 2.30. The first-order valence-electron chi connectivity index (χ1n) is 8.52. The average molecular weight is 345 g/mol. The zero-order valence-electron chi connectivity index (χ0n) is 14.5. The Morgan fingerprint density at radius 2 is 1.80 bits per heavy atom. The Morgan fingerprint density at radius 1 is 1.16 bits per heavy atom. The van der Waals surface area contributed by atoms with E-state index in [4.69, 9.17) is 0 Å². The standard InChI is InChI=1S/C17H23N5O3/c1-11-9-13(10-12(2)18-11)21-5-7-22(8-6-21)15(23)4-3-14-16(24)20-17(25)19-14/h9-10,14H,3-8H2,1-2H3,(H2,19,20,24,25)/t14-/m1/s1. The molecule has 0 saturated carbocycles. The Balaban J connectivity index is 1.49. The fourth-order valence-electron chi connectivity index (χ4n) is 3.30. The van der Waals surface area contributed by atoms with E-state index < -0.39 is 12.1 Å². The third-order valence-electron chi connectivity index (χ3n) is 4.57. The Labute approximate surface area is 146 Å². The molecule has 25 heavy (non-hydrogen) atoms. The lowest BCUT2D eigenvalue weighted by Gasteiger charge is -2.36. The van der Waals surface area contributed by atoms with E-state index >= 15 is 0 Å². The number of nitrogens with one attached hydrogen (secondary N) is 2. The highest BCUT2D eigenvalue weighted by molar-refractivity contribution is 6.04. The smallest absolute Gasteiger partial charge is 0.322 e. The molecule has 0 aliphatic carbocycles. The van der Waals surface area contributed by atoms with Gasteiger partial charge in [0.05, 0.1) is 0 Å². The fourth-order valence-corrected chi connectivity index (χ4v) is 3.30. The molecule has 0 bridgehead atoms. The molecule has 1 aromatic heterocycles. The number of hydrogen-bond donors (Lipinski definition) is 2. The number of aromatic nitrogens is 1. The van der Waals surface area contributed by atoms with Gasteiger partial charge in [-0.15, -0.1) is 0 Å². The maximum Gasteiger partial charge on any atom is 0.322 e. The van der Waals surface area contributed by atoms with Gasteiger partial charge in [0.25, 0.3) is 5.91 Å². The summed E-state index contributed by atoms with van der Waals surface area (Å²) in [5.74, 6) is -0.332. The summed E-state index contributed by atoms with van der Waals surface area (Å²) >= 11 is 0. The second-order valence-corrected chi connectivity index (χ2v) is 6.53. The molecule has 2 aliphatic rings. The average Bonchev–Trinajstić information content (AvgIpc) is 2.89. The minimum absolute atomic E-state index is 0.0238. The number of urea groups is 1. The maximum atomic E-state index is 12.3. The van der Waals surface area contributed by atoms with E-state index in [9.17, 15) is 14.4 Å². The zero-order valence-corrected chi connectivity index (χ0v) is 14.5.